The average Bonchev–Trinajstić information content (AvgIpc) is 3.17. The van der Waals surface area contributed by atoms with Crippen LogP contribution in [0.1, 0.15) is 16.4 Å². The van der Waals surface area contributed by atoms with Crippen LogP contribution in [0.5, 0.6) is 0 Å². The van der Waals surface area contributed by atoms with Crippen LogP contribution < -0.4 is 4.90 Å². The number of pyridine rings is 1. The summed E-state index contributed by atoms with van der Waals surface area (Å²) < 4.78 is 10.2. The third-order valence-corrected chi connectivity index (χ3v) is 2.82. The van der Waals surface area contributed by atoms with Crippen LogP contribution in [0, 0.1) is 0 Å². The van der Waals surface area contributed by atoms with E-state index >= 15 is 0 Å². The van der Waals surface area contributed by atoms with Gasteiger partial charge in [0.1, 0.15) is 12.8 Å². The topological polar surface area (TPSA) is 118 Å². The molecule has 0 bridgehead atoms. The Morgan fingerprint density at radius 2 is 2.09 bits per heavy atom. The summed E-state index contributed by atoms with van der Waals surface area (Å²) in [4.78, 5) is 24.3. The molecule has 0 saturated carbocycles. The van der Waals surface area contributed by atoms with Crippen molar-refractivity contribution in [1.29, 1.82) is 0 Å². The number of aromatic carboxylic acids is 1. The number of aromatic nitrogens is 4. The van der Waals surface area contributed by atoms with E-state index in [1.807, 2.05) is 0 Å². The molecule has 3 rings (SSSR count). The first-order valence-electron chi connectivity index (χ1n) is 6.26. The molecular weight excluding hydrogens is 290 g/mol. The smallest absolute Gasteiger partial charge is 0.357 e. The quantitative estimate of drug-likeness (QED) is 0.746. The molecule has 3 aromatic heterocycles. The Bertz CT molecular complexity index is 783. The van der Waals surface area contributed by atoms with Crippen molar-refractivity contribution >= 4 is 12.0 Å². The zero-order valence-corrected chi connectivity index (χ0v) is 11.5. The highest BCUT2D eigenvalue weighted by Gasteiger charge is 2.16. The normalized spacial score (nSPS) is 10.6. The van der Waals surface area contributed by atoms with Crippen LogP contribution in [0.25, 0.3) is 11.4 Å². The maximum atomic E-state index is 10.8. The lowest BCUT2D eigenvalue weighted by atomic mass is 10.2. The van der Waals surface area contributed by atoms with Crippen LogP contribution in [0.15, 0.2) is 39.7 Å². The summed E-state index contributed by atoms with van der Waals surface area (Å²) in [6, 6.07) is 3.69. The Kier molecular flexibility index (Phi) is 3.52. The van der Waals surface area contributed by atoms with Crippen molar-refractivity contribution in [2.45, 2.75) is 6.54 Å². The van der Waals surface area contributed by atoms with Gasteiger partial charge in [0.15, 0.2) is 5.69 Å². The minimum absolute atomic E-state index is 0.154. The highest BCUT2D eigenvalue weighted by atomic mass is 16.5. The summed E-state index contributed by atoms with van der Waals surface area (Å²) in [6.07, 6.45) is 4.35. The molecule has 0 fully saturated rings. The number of carboxylic acid groups (broad SMARTS) is 1. The molecule has 9 nitrogen and oxygen atoms in total. The molecule has 1 N–H and O–H groups in total. The van der Waals surface area contributed by atoms with Crippen LogP contribution in [-0.4, -0.2) is 38.2 Å². The minimum Gasteiger partial charge on any atom is -0.476 e. The third kappa shape index (κ3) is 2.77. The van der Waals surface area contributed by atoms with Crippen molar-refractivity contribution in [3.8, 4) is 11.4 Å². The second kappa shape index (κ2) is 5.64. The number of nitrogens with zero attached hydrogens (tertiary/aromatic N) is 5. The highest BCUT2D eigenvalue weighted by Crippen LogP contribution is 2.17. The zero-order chi connectivity index (χ0) is 15.5. The fraction of sp³-hybridized carbons (Fsp3) is 0.154. The van der Waals surface area contributed by atoms with Gasteiger partial charge < -0.3 is 18.9 Å². The molecule has 0 aliphatic heterocycles. The van der Waals surface area contributed by atoms with Gasteiger partial charge in [0.25, 0.3) is 6.01 Å². The molecule has 0 saturated heterocycles. The predicted octanol–water partition coefficient (Wildman–Crippen LogP) is 1.45. The van der Waals surface area contributed by atoms with Crippen molar-refractivity contribution in [1.82, 2.24) is 20.1 Å². The molecule has 0 amide bonds. The third-order valence-electron chi connectivity index (χ3n) is 2.82. The van der Waals surface area contributed by atoms with Crippen molar-refractivity contribution < 1.29 is 18.8 Å². The van der Waals surface area contributed by atoms with E-state index in [1.54, 1.807) is 36.5 Å². The Labute approximate surface area is 124 Å². The summed E-state index contributed by atoms with van der Waals surface area (Å²) in [6.45, 7) is 0.234. The molecule has 112 valence electrons. The number of hydrogen-bond donors (Lipinski definition) is 1. The van der Waals surface area contributed by atoms with E-state index in [0.29, 0.717) is 11.7 Å². The summed E-state index contributed by atoms with van der Waals surface area (Å²) >= 11 is 0. The van der Waals surface area contributed by atoms with Crippen LogP contribution in [0.3, 0.4) is 0 Å². The van der Waals surface area contributed by atoms with E-state index < -0.39 is 5.97 Å². The largest absolute Gasteiger partial charge is 0.476 e. The number of hydrogen-bond acceptors (Lipinski definition) is 8. The lowest BCUT2D eigenvalue weighted by Crippen LogP contribution is -2.17. The fourth-order valence-corrected chi connectivity index (χ4v) is 1.75. The summed E-state index contributed by atoms with van der Waals surface area (Å²) in [7, 11) is 1.67. The van der Waals surface area contributed by atoms with Gasteiger partial charge in [0.2, 0.25) is 11.7 Å². The maximum Gasteiger partial charge on any atom is 0.357 e. The molecule has 0 radical (unpaired) electrons. The Morgan fingerprint density at radius 1 is 1.32 bits per heavy atom. The molecule has 9 heteroatoms. The van der Waals surface area contributed by atoms with E-state index in [1.165, 1.54) is 0 Å². The monoisotopic (exact) mass is 301 g/mol. The van der Waals surface area contributed by atoms with Gasteiger partial charge in [-0.25, -0.2) is 4.79 Å². The number of anilines is 1. The van der Waals surface area contributed by atoms with Gasteiger partial charge in [-0.3, -0.25) is 4.98 Å². The SMILES string of the molecule is CN(Cc1nc(-c2ccncc2)no1)c1nc(C(=O)O)co1. The first-order chi connectivity index (χ1) is 10.6. The van der Waals surface area contributed by atoms with Crippen molar-refractivity contribution in [2.24, 2.45) is 0 Å². The van der Waals surface area contributed by atoms with Gasteiger partial charge in [0, 0.05) is 25.0 Å². The van der Waals surface area contributed by atoms with Gasteiger partial charge in [-0.05, 0) is 12.1 Å². The summed E-state index contributed by atoms with van der Waals surface area (Å²) in [5, 5.41) is 12.7. The minimum atomic E-state index is -1.15. The zero-order valence-electron chi connectivity index (χ0n) is 11.5. The lowest BCUT2D eigenvalue weighted by molar-refractivity contribution is 0.0690. The van der Waals surface area contributed by atoms with Crippen molar-refractivity contribution in [3.63, 3.8) is 0 Å². The van der Waals surface area contributed by atoms with E-state index in [9.17, 15) is 4.79 Å². The van der Waals surface area contributed by atoms with Crippen molar-refractivity contribution in [2.75, 3.05) is 11.9 Å². The first kappa shape index (κ1) is 13.7. The van der Waals surface area contributed by atoms with Crippen LogP contribution >= 0.6 is 0 Å². The van der Waals surface area contributed by atoms with Crippen LogP contribution in [-0.2, 0) is 6.54 Å². The summed E-state index contributed by atoms with van der Waals surface area (Å²) in [5.41, 5.74) is 0.627. The first-order valence-corrected chi connectivity index (χ1v) is 6.26. The van der Waals surface area contributed by atoms with E-state index in [2.05, 4.69) is 20.1 Å². The molecule has 3 heterocycles. The van der Waals surface area contributed by atoms with Gasteiger partial charge in [-0.15, -0.1) is 0 Å². The maximum absolute atomic E-state index is 10.8. The van der Waals surface area contributed by atoms with Gasteiger partial charge in [-0.2, -0.15) is 9.97 Å². The molecule has 3 aromatic rings. The number of rotatable bonds is 5. The highest BCUT2D eigenvalue weighted by molar-refractivity contribution is 5.85. The van der Waals surface area contributed by atoms with E-state index in [4.69, 9.17) is 14.0 Å². The van der Waals surface area contributed by atoms with Gasteiger partial charge >= 0.3 is 5.97 Å². The lowest BCUT2D eigenvalue weighted by Gasteiger charge is -2.10. The standard InChI is InChI=1S/C13H11N5O4/c1-18(13-15-9(7-21-13)12(19)20)6-10-16-11(17-22-10)8-2-4-14-5-3-8/h2-5,7H,6H2,1H3,(H,19,20). The van der Waals surface area contributed by atoms with Crippen LogP contribution in [0.4, 0.5) is 6.01 Å². The van der Waals surface area contributed by atoms with E-state index in [0.717, 1.165) is 11.8 Å². The predicted molar refractivity (Wildman–Crippen MR) is 73.1 cm³/mol. The molecule has 0 aromatic carbocycles. The molecule has 0 unspecified atom stereocenters. The Balaban J connectivity index is 1.73. The van der Waals surface area contributed by atoms with Gasteiger partial charge in [-0.1, -0.05) is 5.16 Å². The molecule has 0 atom stereocenters. The molecule has 0 aliphatic carbocycles. The molecule has 0 spiro atoms. The van der Waals surface area contributed by atoms with Crippen LogP contribution in [0.2, 0.25) is 0 Å². The second-order valence-electron chi connectivity index (χ2n) is 4.42. The van der Waals surface area contributed by atoms with Gasteiger partial charge in [0.05, 0.1) is 0 Å². The molecule has 0 aliphatic rings. The number of carbonyl (C=O) groups is 1. The number of oxazole rings is 1. The fourth-order valence-electron chi connectivity index (χ4n) is 1.75. The van der Waals surface area contributed by atoms with Crippen molar-refractivity contribution in [3.05, 3.63) is 42.4 Å². The average molecular weight is 301 g/mol. The molecular formula is C13H11N5O4. The van der Waals surface area contributed by atoms with E-state index in [-0.39, 0.29) is 18.3 Å². The second-order valence-corrected chi connectivity index (χ2v) is 4.42. The Hall–Kier alpha value is -3.23. The Morgan fingerprint density at radius 3 is 2.77 bits per heavy atom. The molecule has 22 heavy (non-hydrogen) atoms. The number of carboxylic acids is 1. The summed E-state index contributed by atoms with van der Waals surface area (Å²) in [5.74, 6) is -0.352.